The molecule has 0 unspecified atom stereocenters. The average molecular weight is 188 g/mol. The molecule has 0 N–H and O–H groups in total. The van der Waals surface area contributed by atoms with Gasteiger partial charge < -0.3 is 0 Å². The van der Waals surface area contributed by atoms with Crippen molar-refractivity contribution in [2.24, 2.45) is 0 Å². The van der Waals surface area contributed by atoms with E-state index in [4.69, 9.17) is 0 Å². The van der Waals surface area contributed by atoms with Crippen LogP contribution in [0.4, 0.5) is 0 Å². The van der Waals surface area contributed by atoms with Gasteiger partial charge in [0, 0.05) is 0 Å². The molecule has 1 fully saturated rings. The molecular weight excluding hydrogens is 174 g/mol. The summed E-state index contributed by atoms with van der Waals surface area (Å²) in [5, 5.41) is 0. The van der Waals surface area contributed by atoms with E-state index in [1.165, 1.54) is 12.8 Å². The van der Waals surface area contributed by atoms with Gasteiger partial charge in [-0.3, -0.25) is 9.69 Å². The van der Waals surface area contributed by atoms with E-state index in [2.05, 4.69) is 11.2 Å². The van der Waals surface area contributed by atoms with Crippen LogP contribution in [0.25, 0.3) is 0 Å². The predicted molar refractivity (Wildman–Crippen MR) is 55.7 cm³/mol. The predicted octanol–water partition coefficient (Wildman–Crippen LogP) is 1.93. The molecule has 2 rings (SSSR count). The second-order valence-corrected chi connectivity index (χ2v) is 3.67. The van der Waals surface area contributed by atoms with Crippen LogP contribution in [-0.4, -0.2) is 24.3 Å². The molecule has 1 aliphatic rings. The standard InChI is InChI=1S/C12H14NO/c14-10-12(13-8-4-5-9-13)11-6-2-1-3-7-11/h1-3,6-7,12H,4-5,8-9H2/t12-/m0/s1. The molecule has 0 saturated carbocycles. The highest BCUT2D eigenvalue weighted by Crippen LogP contribution is 2.22. The molecule has 1 aliphatic heterocycles. The van der Waals surface area contributed by atoms with Crippen LogP contribution in [-0.2, 0) is 4.79 Å². The summed E-state index contributed by atoms with van der Waals surface area (Å²) in [7, 11) is 0. The summed E-state index contributed by atoms with van der Waals surface area (Å²) in [6, 6.07) is 9.74. The molecule has 1 aromatic rings. The summed E-state index contributed by atoms with van der Waals surface area (Å²) in [5.74, 6) is 0. The fourth-order valence-corrected chi connectivity index (χ4v) is 1.99. The average Bonchev–Trinajstić information content (AvgIpc) is 2.74. The van der Waals surface area contributed by atoms with Crippen molar-refractivity contribution in [1.29, 1.82) is 0 Å². The Morgan fingerprint density at radius 3 is 2.36 bits per heavy atom. The minimum atomic E-state index is -0.154. The zero-order valence-corrected chi connectivity index (χ0v) is 8.15. The van der Waals surface area contributed by atoms with Crippen LogP contribution in [0.1, 0.15) is 24.4 Å². The van der Waals surface area contributed by atoms with Crippen molar-refractivity contribution < 1.29 is 4.79 Å². The molecule has 0 aromatic heterocycles. The second kappa shape index (κ2) is 4.38. The van der Waals surface area contributed by atoms with E-state index in [0.717, 1.165) is 18.7 Å². The topological polar surface area (TPSA) is 20.3 Å². The first kappa shape index (κ1) is 9.41. The molecule has 1 radical (unpaired) electrons. The van der Waals surface area contributed by atoms with Gasteiger partial charge in [0.05, 0.1) is 0 Å². The number of nitrogens with zero attached hydrogens (tertiary/aromatic N) is 1. The summed E-state index contributed by atoms with van der Waals surface area (Å²) in [6.07, 6.45) is 4.54. The van der Waals surface area contributed by atoms with Crippen LogP contribution < -0.4 is 0 Å². The SMILES string of the molecule is O=[C][C@@H](c1ccccc1)N1CCCC1. The van der Waals surface area contributed by atoms with Gasteiger partial charge in [0.25, 0.3) is 0 Å². The fourth-order valence-electron chi connectivity index (χ4n) is 1.99. The Kier molecular flexibility index (Phi) is 2.94. The molecule has 2 heteroatoms. The van der Waals surface area contributed by atoms with E-state index in [1.54, 1.807) is 0 Å². The van der Waals surface area contributed by atoms with E-state index in [9.17, 15) is 4.79 Å². The highest BCUT2D eigenvalue weighted by Gasteiger charge is 2.23. The second-order valence-electron chi connectivity index (χ2n) is 3.67. The Labute approximate surface area is 84.5 Å². The molecule has 1 aromatic carbocycles. The van der Waals surface area contributed by atoms with Crippen LogP contribution in [0.5, 0.6) is 0 Å². The van der Waals surface area contributed by atoms with E-state index in [-0.39, 0.29) is 6.04 Å². The normalized spacial score (nSPS) is 19.4. The van der Waals surface area contributed by atoms with Gasteiger partial charge in [-0.15, -0.1) is 0 Å². The number of hydrogen-bond donors (Lipinski definition) is 0. The number of benzene rings is 1. The van der Waals surface area contributed by atoms with Crippen molar-refractivity contribution in [1.82, 2.24) is 4.90 Å². The summed E-state index contributed by atoms with van der Waals surface area (Å²) >= 11 is 0. The minimum absolute atomic E-state index is 0.154. The van der Waals surface area contributed by atoms with Gasteiger partial charge in [-0.2, -0.15) is 0 Å². The molecule has 1 heterocycles. The highest BCUT2D eigenvalue weighted by molar-refractivity contribution is 5.62. The van der Waals surface area contributed by atoms with Gasteiger partial charge in [0.1, 0.15) is 6.04 Å². The monoisotopic (exact) mass is 188 g/mol. The van der Waals surface area contributed by atoms with Crippen LogP contribution in [0.2, 0.25) is 0 Å². The third kappa shape index (κ3) is 1.85. The molecule has 0 aliphatic carbocycles. The molecule has 0 amide bonds. The lowest BCUT2D eigenvalue weighted by Crippen LogP contribution is -2.26. The van der Waals surface area contributed by atoms with E-state index in [0.29, 0.717) is 0 Å². The molecule has 1 saturated heterocycles. The quantitative estimate of drug-likeness (QED) is 0.722. The first-order valence-electron chi connectivity index (χ1n) is 5.08. The largest absolute Gasteiger partial charge is 0.290 e. The third-order valence-electron chi connectivity index (χ3n) is 2.73. The van der Waals surface area contributed by atoms with Crippen molar-refractivity contribution in [2.45, 2.75) is 18.9 Å². The highest BCUT2D eigenvalue weighted by atomic mass is 16.1. The summed E-state index contributed by atoms with van der Waals surface area (Å²) in [5.41, 5.74) is 1.06. The Balaban J connectivity index is 2.16. The fraction of sp³-hybridized carbons (Fsp3) is 0.417. The van der Waals surface area contributed by atoms with Crippen molar-refractivity contribution in [3.8, 4) is 0 Å². The maximum absolute atomic E-state index is 10.9. The summed E-state index contributed by atoms with van der Waals surface area (Å²) in [6.45, 7) is 2.05. The molecule has 14 heavy (non-hydrogen) atoms. The zero-order valence-electron chi connectivity index (χ0n) is 8.15. The van der Waals surface area contributed by atoms with Crippen LogP contribution >= 0.6 is 0 Å². The Morgan fingerprint density at radius 2 is 1.79 bits per heavy atom. The number of likely N-dealkylation sites (tertiary alicyclic amines) is 1. The van der Waals surface area contributed by atoms with Crippen LogP contribution in [0, 0.1) is 0 Å². The van der Waals surface area contributed by atoms with Crippen LogP contribution in [0.15, 0.2) is 30.3 Å². The smallest absolute Gasteiger partial charge is 0.222 e. The Morgan fingerprint density at radius 1 is 1.14 bits per heavy atom. The summed E-state index contributed by atoms with van der Waals surface area (Å²) < 4.78 is 0. The Bertz CT molecular complexity index is 290. The van der Waals surface area contributed by atoms with E-state index < -0.39 is 0 Å². The van der Waals surface area contributed by atoms with Gasteiger partial charge in [-0.25, -0.2) is 0 Å². The van der Waals surface area contributed by atoms with E-state index in [1.807, 2.05) is 30.3 Å². The van der Waals surface area contributed by atoms with Crippen molar-refractivity contribution in [3.05, 3.63) is 35.9 Å². The first-order chi connectivity index (χ1) is 6.92. The van der Waals surface area contributed by atoms with Gasteiger partial charge >= 0.3 is 0 Å². The van der Waals surface area contributed by atoms with Gasteiger partial charge in [-0.1, -0.05) is 30.3 Å². The molecule has 0 bridgehead atoms. The summed E-state index contributed by atoms with van der Waals surface area (Å²) in [4.78, 5) is 13.1. The minimum Gasteiger partial charge on any atom is -0.290 e. The molecule has 0 spiro atoms. The maximum Gasteiger partial charge on any atom is 0.222 e. The zero-order chi connectivity index (χ0) is 9.80. The molecule has 1 atom stereocenters. The van der Waals surface area contributed by atoms with Crippen molar-refractivity contribution >= 4 is 6.29 Å². The van der Waals surface area contributed by atoms with Gasteiger partial charge in [0.2, 0.25) is 6.29 Å². The van der Waals surface area contributed by atoms with Crippen molar-refractivity contribution in [2.75, 3.05) is 13.1 Å². The lowest BCUT2D eigenvalue weighted by atomic mass is 10.1. The molecule has 2 nitrogen and oxygen atoms in total. The lowest BCUT2D eigenvalue weighted by Gasteiger charge is -2.21. The van der Waals surface area contributed by atoms with Gasteiger partial charge in [0.15, 0.2) is 0 Å². The number of hydrogen-bond acceptors (Lipinski definition) is 2. The first-order valence-corrected chi connectivity index (χ1v) is 5.08. The van der Waals surface area contributed by atoms with Crippen LogP contribution in [0.3, 0.4) is 0 Å². The number of carbonyl (C=O) groups excluding carboxylic acids is 1. The third-order valence-corrected chi connectivity index (χ3v) is 2.73. The van der Waals surface area contributed by atoms with Crippen molar-refractivity contribution in [3.63, 3.8) is 0 Å². The van der Waals surface area contributed by atoms with E-state index >= 15 is 0 Å². The lowest BCUT2D eigenvalue weighted by molar-refractivity contribution is 0.295. The maximum atomic E-state index is 10.9. The molecular formula is C12H14NO. The Hall–Kier alpha value is -1.15. The van der Waals surface area contributed by atoms with Gasteiger partial charge in [-0.05, 0) is 31.5 Å². The molecule has 73 valence electrons. The number of rotatable bonds is 3.